The molecule has 1 aromatic heterocycles. The zero-order chi connectivity index (χ0) is 30.1. The fraction of sp³-hybridized carbons (Fsp3) is 0.290. The molecule has 3 aromatic carbocycles. The van der Waals surface area contributed by atoms with Crippen molar-refractivity contribution in [2.75, 3.05) is 32.3 Å². The van der Waals surface area contributed by atoms with E-state index in [1.807, 2.05) is 36.4 Å². The minimum atomic E-state index is -4.59. The van der Waals surface area contributed by atoms with Crippen molar-refractivity contribution in [2.45, 2.75) is 30.2 Å². The smallest absolute Gasteiger partial charge is 0.369 e. The fourth-order valence-electron chi connectivity index (χ4n) is 5.66. The van der Waals surface area contributed by atoms with E-state index in [4.69, 9.17) is 5.73 Å². The molecule has 0 aliphatic carbocycles. The Balaban J connectivity index is 1.66. The molecule has 0 saturated heterocycles. The minimum absolute atomic E-state index is 0.0482. The fourth-order valence-corrected chi connectivity index (χ4v) is 5.66. The summed E-state index contributed by atoms with van der Waals surface area (Å²) < 4.78 is 84.6. The number of hydrogen-bond donors (Lipinski definition) is 1. The van der Waals surface area contributed by atoms with Gasteiger partial charge < -0.3 is 5.73 Å². The Labute approximate surface area is 238 Å². The van der Waals surface area contributed by atoms with Gasteiger partial charge in [-0.05, 0) is 28.8 Å². The van der Waals surface area contributed by atoms with Crippen molar-refractivity contribution in [3.8, 4) is 0 Å². The van der Waals surface area contributed by atoms with Gasteiger partial charge in [0.1, 0.15) is 20.0 Å². The van der Waals surface area contributed by atoms with E-state index >= 15 is 0 Å². The molecular weight excluding hydrogens is 558 g/mol. The number of fused-ring (bicyclic) bond motifs is 1. The van der Waals surface area contributed by atoms with Crippen LogP contribution in [0.1, 0.15) is 45.6 Å². The molecule has 4 aromatic rings. The molecule has 0 bridgehead atoms. The lowest BCUT2D eigenvalue weighted by atomic mass is 9.80. The van der Waals surface area contributed by atoms with Crippen LogP contribution < -0.4 is 11.3 Å². The number of anilines is 1. The van der Waals surface area contributed by atoms with E-state index in [1.54, 1.807) is 24.3 Å². The van der Waals surface area contributed by atoms with E-state index in [-0.39, 0.29) is 35.9 Å². The first-order valence-corrected chi connectivity index (χ1v) is 13.2. The summed E-state index contributed by atoms with van der Waals surface area (Å²) in [4.78, 5) is 20.0. The molecule has 11 heteroatoms. The van der Waals surface area contributed by atoms with Crippen LogP contribution in [0.4, 0.5) is 32.3 Å². The maximum absolute atomic E-state index is 14.7. The third kappa shape index (κ3) is 5.29. The number of nitrogens with zero attached hydrogens (tertiary/aromatic N) is 3. The Hall–Kier alpha value is -4.12. The molecular formula is C31H28F6N4O. The van der Waals surface area contributed by atoms with Crippen LogP contribution in [0, 0.1) is 0 Å². The first-order valence-electron chi connectivity index (χ1n) is 13.2. The number of aromatic nitrogens is 2. The maximum atomic E-state index is 14.7. The summed E-state index contributed by atoms with van der Waals surface area (Å²) >= 11 is 0. The Morgan fingerprint density at radius 3 is 1.86 bits per heavy atom. The molecule has 1 aliphatic rings. The highest BCUT2D eigenvalue weighted by Crippen LogP contribution is 2.39. The predicted molar refractivity (Wildman–Crippen MR) is 147 cm³/mol. The van der Waals surface area contributed by atoms with Gasteiger partial charge in [0.05, 0.1) is 34.3 Å². The number of halogens is 6. The van der Waals surface area contributed by atoms with Gasteiger partial charge in [-0.25, -0.2) is 18.2 Å². The predicted octanol–water partition coefficient (Wildman–Crippen LogP) is 6.19. The first kappa shape index (κ1) is 29.4. The molecule has 0 fully saturated rings. The van der Waals surface area contributed by atoms with Crippen molar-refractivity contribution in [3.05, 3.63) is 129 Å². The van der Waals surface area contributed by atoms with Crippen LogP contribution in [0.5, 0.6) is 0 Å². The van der Waals surface area contributed by atoms with Gasteiger partial charge in [0.2, 0.25) is 5.95 Å². The number of rotatable bonds is 8. The second-order valence-corrected chi connectivity index (χ2v) is 10.4. The van der Waals surface area contributed by atoms with E-state index < -0.39 is 54.8 Å². The average molecular weight is 587 g/mol. The van der Waals surface area contributed by atoms with Gasteiger partial charge in [0.25, 0.3) is 5.56 Å². The summed E-state index contributed by atoms with van der Waals surface area (Å²) in [6.07, 6.45) is -4.59. The lowest BCUT2D eigenvalue weighted by molar-refractivity contribution is -0.137. The zero-order valence-corrected chi connectivity index (χ0v) is 22.4. The molecule has 0 spiro atoms. The zero-order valence-electron chi connectivity index (χ0n) is 22.4. The Bertz CT molecular complexity index is 1530. The number of nitrogen functional groups attached to an aromatic ring is 1. The Kier molecular flexibility index (Phi) is 8.14. The van der Waals surface area contributed by atoms with Gasteiger partial charge in [-0.15, -0.1) is 0 Å². The van der Waals surface area contributed by atoms with Crippen LogP contribution in [0.3, 0.4) is 0 Å². The van der Waals surface area contributed by atoms with Crippen LogP contribution >= 0.6 is 0 Å². The number of benzene rings is 3. The topological polar surface area (TPSA) is 64.1 Å². The van der Waals surface area contributed by atoms with E-state index in [2.05, 4.69) is 4.98 Å². The van der Waals surface area contributed by atoms with Crippen molar-refractivity contribution in [3.63, 3.8) is 0 Å². The normalized spacial score (nSPS) is 15.9. The quantitative estimate of drug-likeness (QED) is 0.251. The van der Waals surface area contributed by atoms with Gasteiger partial charge in [-0.1, -0.05) is 72.8 Å². The molecule has 2 heterocycles. The molecule has 220 valence electrons. The summed E-state index contributed by atoms with van der Waals surface area (Å²) in [6.45, 7) is -4.18. The summed E-state index contributed by atoms with van der Waals surface area (Å²) in [7, 11) is 0. The van der Waals surface area contributed by atoms with Crippen molar-refractivity contribution < 1.29 is 26.3 Å². The highest BCUT2D eigenvalue weighted by Gasteiger charge is 2.46. The highest BCUT2D eigenvalue weighted by molar-refractivity contribution is 5.41. The van der Waals surface area contributed by atoms with Crippen LogP contribution in [-0.4, -0.2) is 41.0 Å². The Morgan fingerprint density at radius 2 is 1.38 bits per heavy atom. The largest absolute Gasteiger partial charge is 0.416 e. The van der Waals surface area contributed by atoms with Crippen LogP contribution in [0.25, 0.3) is 0 Å². The Morgan fingerprint density at radius 1 is 0.833 bits per heavy atom. The van der Waals surface area contributed by atoms with Crippen LogP contribution in [-0.2, 0) is 18.1 Å². The van der Waals surface area contributed by atoms with E-state index in [9.17, 15) is 31.1 Å². The molecule has 0 amide bonds. The molecule has 0 radical (unpaired) electrons. The third-order valence-electron chi connectivity index (χ3n) is 7.82. The highest BCUT2D eigenvalue weighted by atomic mass is 19.4. The van der Waals surface area contributed by atoms with E-state index in [1.165, 1.54) is 9.47 Å². The van der Waals surface area contributed by atoms with Crippen molar-refractivity contribution in [1.82, 2.24) is 14.5 Å². The minimum Gasteiger partial charge on any atom is -0.369 e. The lowest BCUT2D eigenvalue weighted by Gasteiger charge is -2.43. The molecule has 1 atom stereocenters. The average Bonchev–Trinajstić information content (AvgIpc) is 3.00. The van der Waals surface area contributed by atoms with Crippen molar-refractivity contribution in [1.29, 1.82) is 0 Å². The van der Waals surface area contributed by atoms with Gasteiger partial charge >= 0.3 is 6.18 Å². The molecule has 2 N–H and O–H groups in total. The van der Waals surface area contributed by atoms with Crippen LogP contribution in [0.15, 0.2) is 89.7 Å². The second kappa shape index (κ2) is 11.6. The monoisotopic (exact) mass is 586 g/mol. The van der Waals surface area contributed by atoms with Gasteiger partial charge in [-0.2, -0.15) is 13.2 Å². The number of nitrogens with two attached hydrogens (primary N) is 1. The second-order valence-electron chi connectivity index (χ2n) is 10.4. The lowest BCUT2D eigenvalue weighted by Crippen LogP contribution is -2.53. The van der Waals surface area contributed by atoms with E-state index in [0.717, 1.165) is 24.3 Å². The van der Waals surface area contributed by atoms with Gasteiger partial charge in [0.15, 0.2) is 0 Å². The number of alkyl halides is 6. The van der Waals surface area contributed by atoms with Gasteiger partial charge in [0, 0.05) is 13.1 Å². The summed E-state index contributed by atoms with van der Waals surface area (Å²) in [5.74, 6) is -0.235. The molecule has 5 nitrogen and oxygen atoms in total. The van der Waals surface area contributed by atoms with Crippen LogP contribution in [0.2, 0.25) is 0 Å². The molecule has 0 saturated carbocycles. The van der Waals surface area contributed by atoms with Crippen molar-refractivity contribution in [2.24, 2.45) is 0 Å². The number of hydrogen-bond acceptors (Lipinski definition) is 4. The first-order chi connectivity index (χ1) is 20.1. The summed E-state index contributed by atoms with van der Waals surface area (Å²) in [5.41, 5.74) is 4.29. The molecule has 5 rings (SSSR count). The van der Waals surface area contributed by atoms with E-state index in [0.29, 0.717) is 11.1 Å². The molecule has 42 heavy (non-hydrogen) atoms. The summed E-state index contributed by atoms with van der Waals surface area (Å²) in [6, 6.07) is 20.1. The third-order valence-corrected chi connectivity index (χ3v) is 7.82. The SMILES string of the molecule is Nc1nc2c(c(=O)n1C(c1ccccc1)c1ccccc1)CN(C(CF)c1ccc(C(F)(F)F)cc1)CC2(CF)CF. The summed E-state index contributed by atoms with van der Waals surface area (Å²) in [5, 5.41) is 0. The molecule has 1 aliphatic heterocycles. The molecule has 1 unspecified atom stereocenters. The standard InChI is InChI=1S/C31H28F6N4O/c32-15-25(20-11-13-23(14-12-20)31(35,36)37)40-16-24-27(30(17-33,18-34)19-40)39-29(38)41(28(24)42)26(21-7-3-1-4-8-21)22-9-5-2-6-10-22/h1-14,25-26H,15-19H2,(H2,38,39). The van der Waals surface area contributed by atoms with Crippen molar-refractivity contribution >= 4 is 5.95 Å². The maximum Gasteiger partial charge on any atom is 0.416 e. The van der Waals surface area contributed by atoms with Gasteiger partial charge in [-0.3, -0.25) is 14.3 Å².